The fraction of sp³-hybridized carbons (Fsp3) is 0.320. The average Bonchev–Trinajstić information content (AvgIpc) is 2.74. The highest BCUT2D eigenvalue weighted by Gasteiger charge is 2.30. The Kier molecular flexibility index (Phi) is 5.75. The van der Waals surface area contributed by atoms with Gasteiger partial charge >= 0.3 is 0 Å². The number of fused-ring (bicyclic) bond motifs is 1. The first-order valence-corrected chi connectivity index (χ1v) is 10.4. The number of benzene rings is 3. The van der Waals surface area contributed by atoms with Crippen LogP contribution in [-0.4, -0.2) is 52.4 Å². The van der Waals surface area contributed by atoms with Crippen molar-refractivity contribution in [1.29, 1.82) is 0 Å². The van der Waals surface area contributed by atoms with Gasteiger partial charge in [-0.05, 0) is 60.4 Å². The topological polar surface area (TPSA) is 70.0 Å². The summed E-state index contributed by atoms with van der Waals surface area (Å²) in [6.07, 6.45) is -1.20. The van der Waals surface area contributed by atoms with E-state index in [0.29, 0.717) is 18.5 Å². The van der Waals surface area contributed by atoms with Crippen molar-refractivity contribution in [3.63, 3.8) is 0 Å². The van der Waals surface area contributed by atoms with Crippen molar-refractivity contribution in [3.05, 3.63) is 66.2 Å². The summed E-state index contributed by atoms with van der Waals surface area (Å²) in [5.74, 6) is 0.688. The zero-order chi connectivity index (χ0) is 21.3. The van der Waals surface area contributed by atoms with Gasteiger partial charge in [-0.2, -0.15) is 0 Å². The van der Waals surface area contributed by atoms with Crippen LogP contribution in [0.4, 0.5) is 0 Å². The minimum Gasteiger partial charge on any atom is -0.491 e. The van der Waals surface area contributed by atoms with Gasteiger partial charge in [0, 0.05) is 18.7 Å². The molecule has 2 N–H and O–H groups in total. The van der Waals surface area contributed by atoms with Crippen molar-refractivity contribution in [3.8, 4) is 16.9 Å². The van der Waals surface area contributed by atoms with Crippen LogP contribution in [0.1, 0.15) is 30.6 Å². The van der Waals surface area contributed by atoms with Gasteiger partial charge in [-0.1, -0.05) is 42.5 Å². The summed E-state index contributed by atoms with van der Waals surface area (Å²) in [5.41, 5.74) is 2.66. The Morgan fingerprint density at radius 1 is 1.00 bits per heavy atom. The number of carbonyl (C=O) groups excluding carboxylic acids is 1. The van der Waals surface area contributed by atoms with E-state index in [2.05, 4.69) is 0 Å². The monoisotopic (exact) mass is 405 g/mol. The minimum atomic E-state index is -0.906. The van der Waals surface area contributed by atoms with Gasteiger partial charge in [-0.3, -0.25) is 4.79 Å². The van der Waals surface area contributed by atoms with Gasteiger partial charge < -0.3 is 19.8 Å². The van der Waals surface area contributed by atoms with E-state index >= 15 is 0 Å². The van der Waals surface area contributed by atoms with Crippen LogP contribution in [0.5, 0.6) is 5.75 Å². The first kappa shape index (κ1) is 20.4. The summed E-state index contributed by atoms with van der Waals surface area (Å²) >= 11 is 0. The highest BCUT2D eigenvalue weighted by atomic mass is 16.5. The number of rotatable bonds is 4. The molecule has 4 rings (SSSR count). The van der Waals surface area contributed by atoms with Crippen LogP contribution in [-0.2, 0) is 0 Å². The molecule has 1 amide bonds. The Morgan fingerprint density at radius 2 is 1.77 bits per heavy atom. The number of amides is 1. The Labute approximate surface area is 176 Å². The third-order valence-electron chi connectivity index (χ3n) is 5.50. The number of likely N-dealkylation sites (tertiary alicyclic amines) is 1. The van der Waals surface area contributed by atoms with Crippen molar-refractivity contribution in [2.75, 3.05) is 13.1 Å². The second-order valence-corrected chi connectivity index (χ2v) is 8.08. The molecule has 3 aromatic carbocycles. The summed E-state index contributed by atoms with van der Waals surface area (Å²) in [7, 11) is 0. The third kappa shape index (κ3) is 4.04. The van der Waals surface area contributed by atoms with Gasteiger partial charge in [0.15, 0.2) is 0 Å². The van der Waals surface area contributed by atoms with Crippen LogP contribution in [0, 0.1) is 0 Å². The van der Waals surface area contributed by atoms with E-state index in [0.717, 1.165) is 27.6 Å². The molecular weight excluding hydrogens is 378 g/mol. The van der Waals surface area contributed by atoms with Crippen LogP contribution in [0.15, 0.2) is 60.7 Å². The second-order valence-electron chi connectivity index (χ2n) is 8.08. The molecule has 5 nitrogen and oxygen atoms in total. The molecule has 0 aliphatic carbocycles. The lowest BCUT2D eigenvalue weighted by Gasteiger charge is -2.33. The molecule has 5 heteroatoms. The molecule has 1 aliphatic rings. The number of aliphatic hydroxyl groups excluding tert-OH is 2. The number of β-amino-alcohol motifs (C(OH)–C–C–N with tert-alkyl or cyclic N) is 1. The van der Waals surface area contributed by atoms with E-state index < -0.39 is 12.2 Å². The Balaban J connectivity index is 1.73. The van der Waals surface area contributed by atoms with Crippen LogP contribution >= 0.6 is 0 Å². The van der Waals surface area contributed by atoms with Gasteiger partial charge in [-0.15, -0.1) is 0 Å². The Morgan fingerprint density at radius 3 is 2.50 bits per heavy atom. The molecule has 0 radical (unpaired) electrons. The maximum Gasteiger partial charge on any atom is 0.254 e. The highest BCUT2D eigenvalue weighted by molar-refractivity contribution is 6.11. The third-order valence-corrected chi connectivity index (χ3v) is 5.50. The van der Waals surface area contributed by atoms with Gasteiger partial charge in [-0.25, -0.2) is 0 Å². The molecule has 2 atom stereocenters. The summed E-state index contributed by atoms with van der Waals surface area (Å²) < 4.78 is 5.84. The maximum absolute atomic E-state index is 13.2. The van der Waals surface area contributed by atoms with Gasteiger partial charge in [0.1, 0.15) is 5.75 Å². The number of aliphatic hydroxyl groups is 2. The number of hydrogen-bond donors (Lipinski definition) is 2. The van der Waals surface area contributed by atoms with E-state index in [-0.39, 0.29) is 18.6 Å². The molecule has 3 aromatic rings. The van der Waals surface area contributed by atoms with E-state index in [1.54, 1.807) is 4.90 Å². The SMILES string of the molecule is CC(C)Oc1cccc(-c2ccc(C(=O)N3CC[C@H](O)[C@H](O)C3)c3ccccc23)c1. The van der Waals surface area contributed by atoms with Crippen LogP contribution in [0.3, 0.4) is 0 Å². The zero-order valence-electron chi connectivity index (χ0n) is 17.3. The molecule has 0 aromatic heterocycles. The predicted octanol–water partition coefficient (Wildman–Crippen LogP) is 3.86. The summed E-state index contributed by atoms with van der Waals surface area (Å²) in [6.45, 7) is 4.57. The molecule has 0 unspecified atom stereocenters. The van der Waals surface area contributed by atoms with Crippen molar-refractivity contribution < 1.29 is 19.7 Å². The van der Waals surface area contributed by atoms with E-state index in [1.807, 2.05) is 74.5 Å². The second kappa shape index (κ2) is 8.46. The maximum atomic E-state index is 13.2. The number of hydrogen-bond acceptors (Lipinski definition) is 4. The summed E-state index contributed by atoms with van der Waals surface area (Å²) in [5, 5.41) is 21.6. The number of ether oxygens (including phenoxy) is 1. The molecule has 1 heterocycles. The lowest BCUT2D eigenvalue weighted by Crippen LogP contribution is -2.49. The van der Waals surface area contributed by atoms with Gasteiger partial charge in [0.2, 0.25) is 0 Å². The smallest absolute Gasteiger partial charge is 0.254 e. The zero-order valence-corrected chi connectivity index (χ0v) is 17.3. The first-order valence-electron chi connectivity index (χ1n) is 10.4. The largest absolute Gasteiger partial charge is 0.491 e. The van der Waals surface area contributed by atoms with E-state index in [1.165, 1.54) is 0 Å². The summed E-state index contributed by atoms with van der Waals surface area (Å²) in [4.78, 5) is 14.8. The fourth-order valence-electron chi connectivity index (χ4n) is 4.02. The van der Waals surface area contributed by atoms with Crippen molar-refractivity contribution in [2.45, 2.75) is 38.6 Å². The summed E-state index contributed by atoms with van der Waals surface area (Å²) in [6, 6.07) is 19.7. The number of piperidine rings is 1. The number of carbonyl (C=O) groups is 1. The molecule has 0 bridgehead atoms. The quantitative estimate of drug-likeness (QED) is 0.692. The molecule has 1 fully saturated rings. The predicted molar refractivity (Wildman–Crippen MR) is 118 cm³/mol. The molecule has 0 spiro atoms. The minimum absolute atomic E-state index is 0.0930. The van der Waals surface area contributed by atoms with Crippen LogP contribution in [0.25, 0.3) is 21.9 Å². The normalized spacial score (nSPS) is 19.3. The standard InChI is InChI=1S/C25H27NO4/c1-16(2)30-18-7-5-6-17(14-18)19-10-11-22(21-9-4-3-8-20(19)21)25(29)26-13-12-23(27)24(28)15-26/h3-11,14,16,23-24,27-28H,12-13,15H2,1-2H3/t23-,24+/m0/s1. The molecule has 156 valence electrons. The lowest BCUT2D eigenvalue weighted by molar-refractivity contribution is -0.0321. The van der Waals surface area contributed by atoms with Gasteiger partial charge in [0.05, 0.1) is 18.3 Å². The molecule has 1 saturated heterocycles. The van der Waals surface area contributed by atoms with Crippen molar-refractivity contribution in [2.24, 2.45) is 0 Å². The number of nitrogens with zero attached hydrogens (tertiary/aromatic N) is 1. The van der Waals surface area contributed by atoms with Crippen LogP contribution < -0.4 is 4.74 Å². The highest BCUT2D eigenvalue weighted by Crippen LogP contribution is 2.33. The van der Waals surface area contributed by atoms with Crippen molar-refractivity contribution in [1.82, 2.24) is 4.90 Å². The molecule has 30 heavy (non-hydrogen) atoms. The fourth-order valence-corrected chi connectivity index (χ4v) is 4.02. The lowest BCUT2D eigenvalue weighted by atomic mass is 9.94. The van der Waals surface area contributed by atoms with Gasteiger partial charge in [0.25, 0.3) is 5.91 Å². The first-order chi connectivity index (χ1) is 14.4. The van der Waals surface area contributed by atoms with E-state index in [4.69, 9.17) is 4.74 Å². The van der Waals surface area contributed by atoms with Crippen LogP contribution in [0.2, 0.25) is 0 Å². The van der Waals surface area contributed by atoms with Crippen molar-refractivity contribution >= 4 is 16.7 Å². The molecular formula is C25H27NO4. The average molecular weight is 405 g/mol. The van der Waals surface area contributed by atoms with E-state index in [9.17, 15) is 15.0 Å². The molecule has 1 aliphatic heterocycles. The Bertz CT molecular complexity index is 1060. The molecule has 0 saturated carbocycles. The Hall–Kier alpha value is -2.89.